The van der Waals surface area contributed by atoms with Gasteiger partial charge in [-0.2, -0.15) is 0 Å². The molecule has 0 spiro atoms. The third kappa shape index (κ3) is 2.36. The van der Waals surface area contributed by atoms with Crippen molar-refractivity contribution in [2.45, 2.75) is 24.7 Å². The van der Waals surface area contributed by atoms with Crippen LogP contribution < -0.4 is 0 Å². The Bertz CT molecular complexity index is 297. The van der Waals surface area contributed by atoms with Crippen LogP contribution in [0.2, 0.25) is 0 Å². The van der Waals surface area contributed by atoms with E-state index in [0.29, 0.717) is 4.83 Å². The van der Waals surface area contributed by atoms with Crippen LogP contribution in [0.15, 0.2) is 12.4 Å². The van der Waals surface area contributed by atoms with Crippen molar-refractivity contribution in [2.75, 3.05) is 19.6 Å². The Morgan fingerprint density at radius 1 is 1.57 bits per heavy atom. The SMILES string of the molecule is Cc1nccn1CCN1CCC(Br)C1. The lowest BCUT2D eigenvalue weighted by molar-refractivity contribution is 0.322. The first-order valence-electron chi connectivity index (χ1n) is 5.10. The molecule has 14 heavy (non-hydrogen) atoms. The Kier molecular flexibility index (Phi) is 3.23. The Hall–Kier alpha value is -0.350. The molecular weight excluding hydrogens is 242 g/mol. The van der Waals surface area contributed by atoms with Gasteiger partial charge in [-0.3, -0.25) is 0 Å². The van der Waals surface area contributed by atoms with E-state index in [1.165, 1.54) is 19.5 Å². The van der Waals surface area contributed by atoms with Gasteiger partial charge in [0.05, 0.1) is 0 Å². The number of halogens is 1. The second-order valence-electron chi connectivity index (χ2n) is 3.85. The molecule has 1 unspecified atom stereocenters. The molecule has 1 aromatic rings. The molecule has 2 rings (SSSR count). The summed E-state index contributed by atoms with van der Waals surface area (Å²) in [5.74, 6) is 1.11. The molecule has 0 aromatic carbocycles. The van der Waals surface area contributed by atoms with E-state index in [1.54, 1.807) is 0 Å². The first-order chi connectivity index (χ1) is 6.75. The summed E-state index contributed by atoms with van der Waals surface area (Å²) in [6.07, 6.45) is 5.20. The molecule has 0 radical (unpaired) electrons. The predicted octanol–water partition coefficient (Wildman–Crippen LogP) is 1.66. The number of rotatable bonds is 3. The van der Waals surface area contributed by atoms with Crippen LogP contribution >= 0.6 is 15.9 Å². The number of hydrogen-bond acceptors (Lipinski definition) is 2. The minimum Gasteiger partial charge on any atom is -0.334 e. The lowest BCUT2D eigenvalue weighted by Crippen LogP contribution is -2.25. The zero-order valence-corrected chi connectivity index (χ0v) is 10.1. The molecule has 1 atom stereocenters. The summed E-state index contributed by atoms with van der Waals surface area (Å²) >= 11 is 3.65. The summed E-state index contributed by atoms with van der Waals surface area (Å²) in [6, 6.07) is 0. The van der Waals surface area contributed by atoms with E-state index in [1.807, 2.05) is 6.20 Å². The minimum absolute atomic E-state index is 0.700. The number of nitrogens with zero attached hydrogens (tertiary/aromatic N) is 3. The average Bonchev–Trinajstić information content (AvgIpc) is 2.72. The molecule has 78 valence electrons. The largest absolute Gasteiger partial charge is 0.334 e. The molecule has 0 aliphatic carbocycles. The van der Waals surface area contributed by atoms with Crippen LogP contribution in [0, 0.1) is 6.92 Å². The van der Waals surface area contributed by atoms with Crippen LogP contribution in [0.5, 0.6) is 0 Å². The standard InChI is InChI=1S/C10H16BrN3/c1-9-12-3-5-14(9)7-6-13-4-2-10(11)8-13/h3,5,10H,2,4,6-8H2,1H3. The smallest absolute Gasteiger partial charge is 0.105 e. The van der Waals surface area contributed by atoms with Crippen LogP contribution in [0.25, 0.3) is 0 Å². The van der Waals surface area contributed by atoms with Gasteiger partial charge in [-0.15, -0.1) is 0 Å². The highest BCUT2D eigenvalue weighted by molar-refractivity contribution is 9.09. The van der Waals surface area contributed by atoms with E-state index < -0.39 is 0 Å². The van der Waals surface area contributed by atoms with E-state index in [2.05, 4.69) is 43.5 Å². The number of alkyl halides is 1. The van der Waals surface area contributed by atoms with Crippen molar-refractivity contribution in [1.82, 2.24) is 14.5 Å². The maximum Gasteiger partial charge on any atom is 0.105 e. The van der Waals surface area contributed by atoms with Gasteiger partial charge >= 0.3 is 0 Å². The van der Waals surface area contributed by atoms with Crippen molar-refractivity contribution in [3.8, 4) is 0 Å². The molecule has 0 bridgehead atoms. The van der Waals surface area contributed by atoms with Crippen molar-refractivity contribution in [3.63, 3.8) is 0 Å². The highest BCUT2D eigenvalue weighted by Crippen LogP contribution is 2.16. The Labute approximate surface area is 93.2 Å². The molecule has 1 fully saturated rings. The molecule has 3 nitrogen and oxygen atoms in total. The molecule has 1 saturated heterocycles. The fourth-order valence-corrected chi connectivity index (χ4v) is 2.49. The highest BCUT2D eigenvalue weighted by Gasteiger charge is 2.19. The lowest BCUT2D eigenvalue weighted by Gasteiger charge is -2.15. The van der Waals surface area contributed by atoms with E-state index >= 15 is 0 Å². The average molecular weight is 258 g/mol. The van der Waals surface area contributed by atoms with Gasteiger partial charge in [-0.1, -0.05) is 15.9 Å². The van der Waals surface area contributed by atoms with Crippen molar-refractivity contribution in [3.05, 3.63) is 18.2 Å². The van der Waals surface area contributed by atoms with Gasteiger partial charge in [-0.05, 0) is 19.9 Å². The van der Waals surface area contributed by atoms with Crippen LogP contribution in [0.1, 0.15) is 12.2 Å². The molecule has 4 heteroatoms. The molecule has 1 aliphatic heterocycles. The van der Waals surface area contributed by atoms with E-state index in [-0.39, 0.29) is 0 Å². The lowest BCUT2D eigenvalue weighted by atomic mass is 10.4. The number of aryl methyl sites for hydroxylation is 1. The van der Waals surface area contributed by atoms with Gasteiger partial charge in [-0.25, -0.2) is 4.98 Å². The Balaban J connectivity index is 1.80. The molecule has 1 aliphatic rings. The minimum atomic E-state index is 0.700. The fourth-order valence-electron chi connectivity index (χ4n) is 1.88. The molecular formula is C10H16BrN3. The summed E-state index contributed by atoms with van der Waals surface area (Å²) in [5.41, 5.74) is 0. The molecule has 2 heterocycles. The quantitative estimate of drug-likeness (QED) is 0.769. The van der Waals surface area contributed by atoms with Gasteiger partial charge in [0, 0.05) is 36.9 Å². The first kappa shape index (κ1) is 10.2. The van der Waals surface area contributed by atoms with Gasteiger partial charge in [0.1, 0.15) is 5.82 Å². The van der Waals surface area contributed by atoms with Crippen LogP contribution in [-0.4, -0.2) is 38.9 Å². The predicted molar refractivity (Wildman–Crippen MR) is 60.7 cm³/mol. The molecule has 0 amide bonds. The van der Waals surface area contributed by atoms with E-state index in [9.17, 15) is 0 Å². The van der Waals surface area contributed by atoms with E-state index in [0.717, 1.165) is 18.9 Å². The zero-order chi connectivity index (χ0) is 9.97. The molecule has 0 saturated carbocycles. The maximum atomic E-state index is 4.21. The number of aromatic nitrogens is 2. The van der Waals surface area contributed by atoms with Crippen LogP contribution in [0.4, 0.5) is 0 Å². The van der Waals surface area contributed by atoms with Crippen molar-refractivity contribution in [1.29, 1.82) is 0 Å². The van der Waals surface area contributed by atoms with Crippen LogP contribution in [-0.2, 0) is 6.54 Å². The highest BCUT2D eigenvalue weighted by atomic mass is 79.9. The van der Waals surface area contributed by atoms with Gasteiger partial charge in [0.15, 0.2) is 0 Å². The number of imidazole rings is 1. The summed E-state index contributed by atoms with van der Waals surface area (Å²) in [6.45, 7) is 6.67. The van der Waals surface area contributed by atoms with Gasteiger partial charge < -0.3 is 9.47 Å². The van der Waals surface area contributed by atoms with Gasteiger partial charge in [0.25, 0.3) is 0 Å². The van der Waals surface area contributed by atoms with Gasteiger partial charge in [0.2, 0.25) is 0 Å². The summed E-state index contributed by atoms with van der Waals surface area (Å²) in [4.78, 5) is 7.41. The maximum absolute atomic E-state index is 4.21. The summed E-state index contributed by atoms with van der Waals surface area (Å²) in [5, 5.41) is 0. The topological polar surface area (TPSA) is 21.1 Å². The fraction of sp³-hybridized carbons (Fsp3) is 0.700. The summed E-state index contributed by atoms with van der Waals surface area (Å²) in [7, 11) is 0. The van der Waals surface area contributed by atoms with Crippen LogP contribution in [0.3, 0.4) is 0 Å². The third-order valence-corrected chi connectivity index (χ3v) is 3.54. The second-order valence-corrected chi connectivity index (χ2v) is 5.15. The molecule has 0 N–H and O–H groups in total. The van der Waals surface area contributed by atoms with Crippen molar-refractivity contribution < 1.29 is 0 Å². The number of hydrogen-bond donors (Lipinski definition) is 0. The molecule has 1 aromatic heterocycles. The summed E-state index contributed by atoms with van der Waals surface area (Å²) < 4.78 is 2.21. The number of likely N-dealkylation sites (tertiary alicyclic amines) is 1. The monoisotopic (exact) mass is 257 g/mol. The normalized spacial score (nSPS) is 23.1. The van der Waals surface area contributed by atoms with Crippen molar-refractivity contribution in [2.24, 2.45) is 0 Å². The zero-order valence-electron chi connectivity index (χ0n) is 8.49. The van der Waals surface area contributed by atoms with E-state index in [4.69, 9.17) is 0 Å². The third-order valence-electron chi connectivity index (χ3n) is 2.80. The Morgan fingerprint density at radius 2 is 2.43 bits per heavy atom. The van der Waals surface area contributed by atoms with Crippen molar-refractivity contribution >= 4 is 15.9 Å². The Morgan fingerprint density at radius 3 is 3.00 bits per heavy atom. The first-order valence-corrected chi connectivity index (χ1v) is 6.01. The second kappa shape index (κ2) is 4.45.